The van der Waals surface area contributed by atoms with E-state index in [1.165, 1.54) is 11.1 Å². The predicted octanol–water partition coefficient (Wildman–Crippen LogP) is 5.47. The van der Waals surface area contributed by atoms with Gasteiger partial charge in [-0.25, -0.2) is 0 Å². The fourth-order valence-electron chi connectivity index (χ4n) is 4.20. The molecule has 0 unspecified atom stereocenters. The molecule has 44 heavy (non-hydrogen) atoms. The second-order valence-electron chi connectivity index (χ2n) is 11.2. The van der Waals surface area contributed by atoms with Crippen LogP contribution in [0.4, 0.5) is 0 Å². The largest absolute Gasteiger partial charge is 2.00 e. The van der Waals surface area contributed by atoms with Crippen LogP contribution < -0.4 is 10.2 Å². The molecule has 2 rings (SSSR count). The number of aliphatic carboxylic acids is 2. The molecule has 1 radical (unpaired) electrons. The van der Waals surface area contributed by atoms with Gasteiger partial charge in [0.25, 0.3) is 0 Å². The molecule has 2 aromatic rings. The van der Waals surface area contributed by atoms with Crippen LogP contribution in [0.1, 0.15) is 133 Å². The van der Waals surface area contributed by atoms with Crippen LogP contribution in [0.15, 0.2) is 34.3 Å². The van der Waals surface area contributed by atoms with Crippen molar-refractivity contribution in [2.45, 2.75) is 112 Å². The van der Waals surface area contributed by atoms with Gasteiger partial charge in [-0.2, -0.15) is 0 Å². The Morgan fingerprint density at radius 2 is 1.02 bits per heavy atom. The molecule has 0 bridgehead atoms. The summed E-state index contributed by atoms with van der Waals surface area (Å²) in [6.07, 6.45) is 11.1. The van der Waals surface area contributed by atoms with Gasteiger partial charge < -0.3 is 30.0 Å². The maximum absolute atomic E-state index is 10.7. The standard InChI is InChI=1S/C31H46N2O2.2C2H4O2.Co/c1-7-9-12-24-16-26(30(34)28(18-24)22(3)4)20-32-14-11-15-33-21-27-17-25(13-10-8-2)19-29(23(5)6)31(27)35;2*1-2(3)4;/h16-23,34-35H,7-15H2,1-6H3;2*1H3,(H,3,4);/q;;;+2/p-2. The van der Waals surface area contributed by atoms with E-state index in [-0.39, 0.29) is 28.6 Å². The zero-order chi connectivity index (χ0) is 32.9. The molecule has 0 aliphatic carbocycles. The normalized spacial score (nSPS) is 10.8. The SMILES string of the molecule is CC(=O)[O-].CC(=O)[O-].CCCCc1cc(C=NCCCN=Cc2cc(CCCC)cc(C(C)C)c2O)c(O)c(C(C)C)c1.[Co+2]. The van der Waals surface area contributed by atoms with Crippen LogP contribution in [0.3, 0.4) is 0 Å². The average Bonchev–Trinajstić information content (AvgIpc) is 2.91. The molecule has 0 spiro atoms. The molecule has 0 atom stereocenters. The summed E-state index contributed by atoms with van der Waals surface area (Å²) in [4.78, 5) is 26.9. The summed E-state index contributed by atoms with van der Waals surface area (Å²) in [5.41, 5.74) is 6.13. The fourth-order valence-corrected chi connectivity index (χ4v) is 4.20. The smallest absolute Gasteiger partial charge is 0.550 e. The molecule has 0 aliphatic rings. The van der Waals surface area contributed by atoms with Gasteiger partial charge in [-0.1, -0.05) is 66.5 Å². The second kappa shape index (κ2) is 24.2. The van der Waals surface area contributed by atoms with Gasteiger partial charge in [0.2, 0.25) is 0 Å². The first kappa shape index (κ1) is 43.0. The summed E-state index contributed by atoms with van der Waals surface area (Å²) < 4.78 is 0. The van der Waals surface area contributed by atoms with Crippen LogP contribution in [0.5, 0.6) is 11.5 Å². The molecule has 9 heteroatoms. The van der Waals surface area contributed by atoms with Crippen molar-refractivity contribution >= 4 is 24.4 Å². The number of aryl methyl sites for hydroxylation is 2. The maximum Gasteiger partial charge on any atom is 2.00 e. The van der Waals surface area contributed by atoms with E-state index in [0.717, 1.165) is 81.0 Å². The van der Waals surface area contributed by atoms with Crippen LogP contribution in [0, 0.1) is 0 Å². The number of benzene rings is 2. The van der Waals surface area contributed by atoms with Crippen molar-refractivity contribution in [1.29, 1.82) is 0 Å². The van der Waals surface area contributed by atoms with Crippen LogP contribution in [0.25, 0.3) is 0 Å². The summed E-state index contributed by atoms with van der Waals surface area (Å²) in [6, 6.07) is 8.41. The van der Waals surface area contributed by atoms with Crippen molar-refractivity contribution in [2.24, 2.45) is 9.98 Å². The zero-order valence-corrected chi connectivity index (χ0v) is 28.8. The number of aromatic hydroxyl groups is 2. The Balaban J connectivity index is 0. The number of hydrogen-bond acceptors (Lipinski definition) is 8. The van der Waals surface area contributed by atoms with Crippen molar-refractivity contribution in [2.75, 3.05) is 13.1 Å². The Kier molecular flexibility index (Phi) is 23.6. The predicted molar refractivity (Wildman–Crippen MR) is 173 cm³/mol. The molecule has 8 nitrogen and oxygen atoms in total. The molecule has 247 valence electrons. The number of rotatable bonds is 14. The van der Waals surface area contributed by atoms with Crippen molar-refractivity contribution in [3.8, 4) is 11.5 Å². The first-order valence-electron chi connectivity index (χ1n) is 15.3. The Morgan fingerprint density at radius 3 is 1.30 bits per heavy atom. The number of carboxylic acid groups (broad SMARTS) is 2. The number of carbonyl (C=O) groups is 2. The van der Waals surface area contributed by atoms with E-state index in [1.54, 1.807) is 12.4 Å². The van der Waals surface area contributed by atoms with E-state index in [4.69, 9.17) is 19.8 Å². The average molecular weight is 656 g/mol. The Bertz CT molecular complexity index is 1090. The molecule has 0 aliphatic heterocycles. The molecule has 2 N–H and O–H groups in total. The Hall–Kier alpha value is -3.17. The number of aliphatic imine (C=N–C) groups is 2. The minimum Gasteiger partial charge on any atom is -0.550 e. The van der Waals surface area contributed by atoms with Crippen LogP contribution >= 0.6 is 0 Å². The summed E-state index contributed by atoms with van der Waals surface area (Å²) in [5, 5.41) is 39.2. The van der Waals surface area contributed by atoms with Gasteiger partial charge in [0.15, 0.2) is 0 Å². The number of unbranched alkanes of at least 4 members (excludes halogenated alkanes) is 2. The van der Waals surface area contributed by atoms with E-state index in [1.807, 2.05) is 0 Å². The molecule has 0 amide bonds. The third kappa shape index (κ3) is 18.5. The minimum absolute atomic E-state index is 0. The molecular formula is C35H52CoN2O6. The van der Waals surface area contributed by atoms with Crippen LogP contribution in [-0.4, -0.2) is 47.7 Å². The van der Waals surface area contributed by atoms with Gasteiger partial charge in [-0.05, 0) is 92.2 Å². The van der Waals surface area contributed by atoms with E-state index >= 15 is 0 Å². The van der Waals surface area contributed by atoms with Crippen LogP contribution in [-0.2, 0) is 39.2 Å². The third-order valence-electron chi connectivity index (χ3n) is 6.37. The fraction of sp³-hybridized carbons (Fsp3) is 0.543. The number of phenols is 2. The summed E-state index contributed by atoms with van der Waals surface area (Å²) in [6.45, 7) is 16.1. The van der Waals surface area contributed by atoms with Crippen molar-refractivity contribution in [1.82, 2.24) is 0 Å². The Labute approximate surface area is 275 Å². The Morgan fingerprint density at radius 1 is 0.705 bits per heavy atom. The number of hydrogen-bond donors (Lipinski definition) is 2. The molecule has 0 saturated heterocycles. The number of carbonyl (C=O) groups excluding carboxylic acids is 2. The molecule has 0 fully saturated rings. The van der Waals surface area contributed by atoms with Gasteiger partial charge in [-0.15, -0.1) is 0 Å². The van der Waals surface area contributed by atoms with E-state index in [9.17, 15) is 10.2 Å². The third-order valence-corrected chi connectivity index (χ3v) is 6.37. The summed E-state index contributed by atoms with van der Waals surface area (Å²) in [7, 11) is 0. The van der Waals surface area contributed by atoms with Crippen molar-refractivity contribution in [3.63, 3.8) is 0 Å². The minimum atomic E-state index is -1.08. The quantitative estimate of drug-likeness (QED) is 0.204. The van der Waals surface area contributed by atoms with Crippen molar-refractivity contribution in [3.05, 3.63) is 57.6 Å². The summed E-state index contributed by atoms with van der Waals surface area (Å²) >= 11 is 0. The van der Waals surface area contributed by atoms with Gasteiger partial charge in [0.05, 0.1) is 0 Å². The van der Waals surface area contributed by atoms with E-state index < -0.39 is 11.9 Å². The zero-order valence-electron chi connectivity index (χ0n) is 27.7. The topological polar surface area (TPSA) is 145 Å². The van der Waals surface area contributed by atoms with E-state index in [0.29, 0.717) is 24.6 Å². The molecule has 0 saturated carbocycles. The monoisotopic (exact) mass is 655 g/mol. The van der Waals surface area contributed by atoms with Gasteiger partial charge in [-0.3, -0.25) is 9.98 Å². The van der Waals surface area contributed by atoms with Gasteiger partial charge in [0, 0.05) is 48.6 Å². The number of nitrogens with zero attached hydrogens (tertiary/aromatic N) is 2. The molecule has 2 aromatic carbocycles. The van der Waals surface area contributed by atoms with Crippen molar-refractivity contribution < 1.29 is 46.8 Å². The second-order valence-corrected chi connectivity index (χ2v) is 11.2. The molecular weight excluding hydrogens is 603 g/mol. The molecule has 0 heterocycles. The van der Waals surface area contributed by atoms with Gasteiger partial charge >= 0.3 is 16.8 Å². The van der Waals surface area contributed by atoms with E-state index in [2.05, 4.69) is 75.8 Å². The maximum atomic E-state index is 10.7. The first-order chi connectivity index (χ1) is 20.2. The first-order valence-corrected chi connectivity index (χ1v) is 15.3. The number of carboxylic acids is 2. The van der Waals surface area contributed by atoms with Crippen LogP contribution in [0.2, 0.25) is 0 Å². The van der Waals surface area contributed by atoms with Gasteiger partial charge in [0.1, 0.15) is 11.5 Å². The molecule has 0 aromatic heterocycles. The number of phenolic OH excluding ortho intramolecular Hbond substituents is 2. The summed E-state index contributed by atoms with van der Waals surface area (Å²) in [5.74, 6) is -0.930.